The normalized spacial score (nSPS) is 22.6. The molecule has 0 saturated carbocycles. The van der Waals surface area contributed by atoms with Crippen LogP contribution >= 0.6 is 0 Å². The Morgan fingerprint density at radius 3 is 2.63 bits per heavy atom. The van der Waals surface area contributed by atoms with Gasteiger partial charge in [0.25, 0.3) is 0 Å². The molecule has 0 unspecified atom stereocenters. The van der Waals surface area contributed by atoms with E-state index in [-0.39, 0.29) is 11.3 Å². The molecule has 0 aromatic heterocycles. The maximum atomic E-state index is 12.3. The second kappa shape index (κ2) is 6.45. The van der Waals surface area contributed by atoms with Crippen molar-refractivity contribution < 1.29 is 9.53 Å². The van der Waals surface area contributed by atoms with Crippen molar-refractivity contribution in [2.45, 2.75) is 38.3 Å². The SMILES string of the molecule is CCCOc1ccc(C=C[C@]23NC(=O)CN2c2ccccc2C3(C)C)cc1. The van der Waals surface area contributed by atoms with Gasteiger partial charge in [0.15, 0.2) is 0 Å². The molecule has 2 aromatic carbocycles. The third kappa shape index (κ3) is 2.71. The number of carbonyl (C=O) groups is 1. The molecule has 0 aliphatic carbocycles. The van der Waals surface area contributed by atoms with Gasteiger partial charge in [-0.1, -0.05) is 57.2 Å². The zero-order valence-electron chi connectivity index (χ0n) is 16.2. The van der Waals surface area contributed by atoms with E-state index in [1.807, 2.05) is 30.3 Å². The summed E-state index contributed by atoms with van der Waals surface area (Å²) in [5, 5.41) is 3.25. The van der Waals surface area contributed by atoms with Gasteiger partial charge in [-0.3, -0.25) is 4.79 Å². The third-order valence-corrected chi connectivity index (χ3v) is 5.75. The number of anilines is 1. The van der Waals surface area contributed by atoms with E-state index in [1.165, 1.54) is 5.56 Å². The third-order valence-electron chi connectivity index (χ3n) is 5.75. The Kier molecular flexibility index (Phi) is 4.22. The van der Waals surface area contributed by atoms with E-state index >= 15 is 0 Å². The molecule has 1 atom stereocenters. The highest BCUT2D eigenvalue weighted by atomic mass is 16.5. The predicted octanol–water partition coefficient (Wildman–Crippen LogP) is 4.11. The smallest absolute Gasteiger partial charge is 0.241 e. The first-order valence-corrected chi connectivity index (χ1v) is 9.58. The molecule has 1 saturated heterocycles. The average Bonchev–Trinajstić information content (AvgIpc) is 3.10. The Bertz CT molecular complexity index is 886. The zero-order chi connectivity index (χ0) is 19.1. The predicted molar refractivity (Wildman–Crippen MR) is 109 cm³/mol. The number of ether oxygens (including phenoxy) is 1. The number of para-hydroxylation sites is 1. The van der Waals surface area contributed by atoms with Crippen LogP contribution in [0.1, 0.15) is 38.3 Å². The van der Waals surface area contributed by atoms with Crippen LogP contribution in [0.5, 0.6) is 5.75 Å². The van der Waals surface area contributed by atoms with E-state index in [0.29, 0.717) is 6.54 Å². The van der Waals surface area contributed by atoms with Crippen LogP contribution in [0.2, 0.25) is 0 Å². The minimum atomic E-state index is -0.550. The van der Waals surface area contributed by atoms with Crippen LogP contribution in [-0.2, 0) is 10.2 Å². The number of hydrogen-bond acceptors (Lipinski definition) is 3. The highest BCUT2D eigenvalue weighted by Gasteiger charge is 2.59. The summed E-state index contributed by atoms with van der Waals surface area (Å²) < 4.78 is 5.66. The number of fused-ring (bicyclic) bond motifs is 3. The molecule has 0 spiro atoms. The van der Waals surface area contributed by atoms with Crippen LogP contribution in [0, 0.1) is 0 Å². The number of amides is 1. The van der Waals surface area contributed by atoms with Gasteiger partial charge in [0, 0.05) is 11.1 Å². The lowest BCUT2D eigenvalue weighted by Gasteiger charge is -2.40. The van der Waals surface area contributed by atoms with Crippen molar-refractivity contribution in [3.05, 3.63) is 65.7 Å². The second-order valence-corrected chi connectivity index (χ2v) is 7.79. The van der Waals surface area contributed by atoms with Crippen molar-refractivity contribution >= 4 is 17.7 Å². The molecular weight excluding hydrogens is 336 g/mol. The average molecular weight is 362 g/mol. The summed E-state index contributed by atoms with van der Waals surface area (Å²) in [6.07, 6.45) is 5.23. The van der Waals surface area contributed by atoms with Gasteiger partial charge in [0.1, 0.15) is 11.4 Å². The largest absolute Gasteiger partial charge is 0.494 e. The number of benzene rings is 2. The van der Waals surface area contributed by atoms with Gasteiger partial charge in [-0.2, -0.15) is 0 Å². The Balaban J connectivity index is 1.67. The molecular formula is C23H26N2O2. The minimum Gasteiger partial charge on any atom is -0.494 e. The van der Waals surface area contributed by atoms with Crippen LogP contribution in [-0.4, -0.2) is 24.7 Å². The van der Waals surface area contributed by atoms with Crippen LogP contribution < -0.4 is 15.0 Å². The highest BCUT2D eigenvalue weighted by molar-refractivity contribution is 5.91. The monoisotopic (exact) mass is 362 g/mol. The van der Waals surface area contributed by atoms with Gasteiger partial charge in [0.05, 0.1) is 13.2 Å². The first-order valence-electron chi connectivity index (χ1n) is 9.58. The number of nitrogens with one attached hydrogen (secondary N) is 1. The van der Waals surface area contributed by atoms with Crippen LogP contribution in [0.3, 0.4) is 0 Å². The van der Waals surface area contributed by atoms with Crippen molar-refractivity contribution in [3.8, 4) is 5.75 Å². The lowest BCUT2D eigenvalue weighted by atomic mass is 9.75. The molecule has 27 heavy (non-hydrogen) atoms. The van der Waals surface area contributed by atoms with E-state index in [0.717, 1.165) is 30.0 Å². The summed E-state index contributed by atoms with van der Waals surface area (Å²) in [5.74, 6) is 0.946. The lowest BCUT2D eigenvalue weighted by molar-refractivity contribution is -0.118. The van der Waals surface area contributed by atoms with Crippen LogP contribution in [0.4, 0.5) is 5.69 Å². The maximum Gasteiger partial charge on any atom is 0.241 e. The van der Waals surface area contributed by atoms with Crippen molar-refractivity contribution in [1.29, 1.82) is 0 Å². The first-order chi connectivity index (χ1) is 13.0. The van der Waals surface area contributed by atoms with E-state index in [2.05, 4.69) is 61.3 Å². The fraction of sp³-hybridized carbons (Fsp3) is 0.348. The second-order valence-electron chi connectivity index (χ2n) is 7.79. The van der Waals surface area contributed by atoms with Crippen LogP contribution in [0.25, 0.3) is 6.08 Å². The molecule has 2 aromatic rings. The Hall–Kier alpha value is -2.75. The Morgan fingerprint density at radius 2 is 1.89 bits per heavy atom. The van der Waals surface area contributed by atoms with Crippen molar-refractivity contribution in [1.82, 2.24) is 5.32 Å². The summed E-state index contributed by atoms with van der Waals surface area (Å²) in [5.41, 5.74) is 2.69. The summed E-state index contributed by atoms with van der Waals surface area (Å²) in [6.45, 7) is 7.60. The summed E-state index contributed by atoms with van der Waals surface area (Å²) in [4.78, 5) is 14.5. The van der Waals surface area contributed by atoms with Gasteiger partial charge in [-0.15, -0.1) is 0 Å². The van der Waals surface area contributed by atoms with E-state index in [9.17, 15) is 4.79 Å². The minimum absolute atomic E-state index is 0.0607. The number of hydrogen-bond donors (Lipinski definition) is 1. The van der Waals surface area contributed by atoms with Gasteiger partial charge in [-0.25, -0.2) is 0 Å². The molecule has 1 fully saturated rings. The van der Waals surface area contributed by atoms with Gasteiger partial charge < -0.3 is 15.0 Å². The maximum absolute atomic E-state index is 12.3. The highest BCUT2D eigenvalue weighted by Crippen LogP contribution is 2.52. The molecule has 4 rings (SSSR count). The van der Waals surface area contributed by atoms with Crippen molar-refractivity contribution in [2.24, 2.45) is 0 Å². The zero-order valence-corrected chi connectivity index (χ0v) is 16.2. The standard InChI is InChI=1S/C23H26N2O2/c1-4-15-27-18-11-9-17(10-12-18)13-14-23-22(2,3)19-7-5-6-8-20(19)25(23)16-21(26)24-23/h5-14H,4,15-16H2,1-3H3,(H,24,26)/t23-/m0/s1. The summed E-state index contributed by atoms with van der Waals surface area (Å²) in [7, 11) is 0. The molecule has 0 bridgehead atoms. The molecule has 140 valence electrons. The van der Waals surface area contributed by atoms with Gasteiger partial charge >= 0.3 is 0 Å². The Morgan fingerprint density at radius 1 is 1.15 bits per heavy atom. The summed E-state index contributed by atoms with van der Waals surface area (Å²) in [6, 6.07) is 16.5. The molecule has 2 aliphatic heterocycles. The molecule has 0 radical (unpaired) electrons. The molecule has 1 N–H and O–H groups in total. The fourth-order valence-corrected chi connectivity index (χ4v) is 4.25. The first kappa shape index (κ1) is 17.7. The Labute approximate surface area is 160 Å². The van der Waals surface area contributed by atoms with Crippen molar-refractivity contribution in [3.63, 3.8) is 0 Å². The number of nitrogens with zero attached hydrogens (tertiary/aromatic N) is 1. The molecule has 1 amide bonds. The van der Waals surface area contributed by atoms with Gasteiger partial charge in [0.2, 0.25) is 5.91 Å². The molecule has 2 aliphatic rings. The summed E-state index contributed by atoms with van der Waals surface area (Å²) >= 11 is 0. The van der Waals surface area contributed by atoms with Gasteiger partial charge in [-0.05, 0) is 41.8 Å². The van der Waals surface area contributed by atoms with E-state index < -0.39 is 5.66 Å². The van der Waals surface area contributed by atoms with Crippen molar-refractivity contribution in [2.75, 3.05) is 18.1 Å². The molecule has 4 heteroatoms. The number of rotatable bonds is 5. The quantitative estimate of drug-likeness (QED) is 0.870. The fourth-order valence-electron chi connectivity index (χ4n) is 4.25. The number of carbonyl (C=O) groups excluding carboxylic acids is 1. The van der Waals surface area contributed by atoms with E-state index in [1.54, 1.807) is 0 Å². The van der Waals surface area contributed by atoms with Crippen LogP contribution in [0.15, 0.2) is 54.6 Å². The molecule has 2 heterocycles. The topological polar surface area (TPSA) is 41.6 Å². The van der Waals surface area contributed by atoms with E-state index in [4.69, 9.17) is 4.74 Å². The molecule has 4 nitrogen and oxygen atoms in total. The lowest BCUT2D eigenvalue weighted by Crippen LogP contribution is -2.58.